The van der Waals surface area contributed by atoms with Crippen molar-refractivity contribution >= 4 is 12.1 Å². The maximum absolute atomic E-state index is 11.6. The number of ether oxygens (including phenoxy) is 3. The van der Waals surface area contributed by atoms with E-state index in [2.05, 4.69) is 0 Å². The Morgan fingerprint density at radius 1 is 1.19 bits per heavy atom. The molecule has 1 aromatic carbocycles. The Hall–Kier alpha value is -2.44. The van der Waals surface area contributed by atoms with Gasteiger partial charge in [-0.05, 0) is 12.5 Å². The van der Waals surface area contributed by atoms with E-state index in [1.54, 1.807) is 0 Å². The molecule has 0 saturated heterocycles. The number of carbonyl (C=O) groups is 2. The van der Waals surface area contributed by atoms with Gasteiger partial charge in [-0.3, -0.25) is 0 Å². The molecule has 0 unspecified atom stereocenters. The lowest BCUT2D eigenvalue weighted by atomic mass is 9.94. The summed E-state index contributed by atoms with van der Waals surface area (Å²) < 4.78 is 15.2. The van der Waals surface area contributed by atoms with E-state index in [9.17, 15) is 14.7 Å². The number of hydrogen-bond acceptors (Lipinski definition) is 5. The molecule has 1 N–H and O–H groups in total. The molecule has 114 valence electrons. The van der Waals surface area contributed by atoms with Crippen LogP contribution in [0.15, 0.2) is 6.07 Å². The van der Waals surface area contributed by atoms with Crippen LogP contribution in [0.1, 0.15) is 21.5 Å². The largest absolute Gasteiger partial charge is 0.496 e. The molecular formula is C14H17NO6. The van der Waals surface area contributed by atoms with E-state index in [0.717, 1.165) is 11.1 Å². The van der Waals surface area contributed by atoms with Crippen LogP contribution in [0.25, 0.3) is 0 Å². The van der Waals surface area contributed by atoms with Gasteiger partial charge in [-0.2, -0.15) is 0 Å². The Morgan fingerprint density at radius 2 is 1.90 bits per heavy atom. The van der Waals surface area contributed by atoms with E-state index < -0.39 is 12.1 Å². The van der Waals surface area contributed by atoms with Crippen LogP contribution in [0.5, 0.6) is 11.5 Å². The zero-order valence-electron chi connectivity index (χ0n) is 12.1. The molecule has 7 heteroatoms. The molecule has 1 aliphatic rings. The highest BCUT2D eigenvalue weighted by Crippen LogP contribution is 2.38. The third-order valence-electron chi connectivity index (χ3n) is 3.52. The van der Waals surface area contributed by atoms with Crippen LogP contribution in [0.3, 0.4) is 0 Å². The molecule has 2 rings (SSSR count). The number of amides is 1. The molecule has 0 fully saturated rings. The van der Waals surface area contributed by atoms with Gasteiger partial charge < -0.3 is 24.2 Å². The van der Waals surface area contributed by atoms with Crippen molar-refractivity contribution in [3.8, 4) is 11.5 Å². The van der Waals surface area contributed by atoms with Crippen molar-refractivity contribution < 1.29 is 28.9 Å². The van der Waals surface area contributed by atoms with Crippen molar-refractivity contribution in [3.63, 3.8) is 0 Å². The Kier molecular flexibility index (Phi) is 4.21. The van der Waals surface area contributed by atoms with Crippen molar-refractivity contribution in [2.75, 3.05) is 27.9 Å². The third-order valence-corrected chi connectivity index (χ3v) is 3.52. The SMILES string of the molecule is COC(=O)N1CCc2c(c(OC)cc(C(=O)O)c2OC)C1. The summed E-state index contributed by atoms with van der Waals surface area (Å²) in [5.41, 5.74) is 1.56. The molecule has 0 atom stereocenters. The quantitative estimate of drug-likeness (QED) is 0.910. The molecule has 1 amide bonds. The summed E-state index contributed by atoms with van der Waals surface area (Å²) in [5.74, 6) is -0.331. The number of hydrogen-bond donors (Lipinski definition) is 1. The van der Waals surface area contributed by atoms with Gasteiger partial charge in [-0.15, -0.1) is 0 Å². The van der Waals surface area contributed by atoms with Gasteiger partial charge in [0.25, 0.3) is 0 Å². The number of aromatic carboxylic acids is 1. The fourth-order valence-electron chi connectivity index (χ4n) is 2.55. The van der Waals surface area contributed by atoms with Gasteiger partial charge >= 0.3 is 12.1 Å². The molecule has 0 saturated carbocycles. The summed E-state index contributed by atoms with van der Waals surface area (Å²) in [6, 6.07) is 1.42. The van der Waals surface area contributed by atoms with E-state index in [1.165, 1.54) is 32.3 Å². The lowest BCUT2D eigenvalue weighted by Crippen LogP contribution is -2.36. The summed E-state index contributed by atoms with van der Waals surface area (Å²) in [6.07, 6.45) is 0.0504. The fourth-order valence-corrected chi connectivity index (χ4v) is 2.55. The molecule has 21 heavy (non-hydrogen) atoms. The molecule has 0 radical (unpaired) electrons. The first kappa shape index (κ1) is 15.0. The molecule has 0 spiro atoms. The molecule has 0 bridgehead atoms. The van der Waals surface area contributed by atoms with E-state index >= 15 is 0 Å². The van der Waals surface area contributed by atoms with E-state index in [0.29, 0.717) is 31.0 Å². The highest BCUT2D eigenvalue weighted by Gasteiger charge is 2.29. The van der Waals surface area contributed by atoms with Gasteiger partial charge in [-0.25, -0.2) is 9.59 Å². The number of carboxylic acids is 1. The number of fused-ring (bicyclic) bond motifs is 1. The Morgan fingerprint density at radius 3 is 2.43 bits per heavy atom. The van der Waals surface area contributed by atoms with Crippen molar-refractivity contribution in [2.45, 2.75) is 13.0 Å². The van der Waals surface area contributed by atoms with Crippen LogP contribution >= 0.6 is 0 Å². The minimum absolute atomic E-state index is 0.0552. The van der Waals surface area contributed by atoms with Gasteiger partial charge in [-0.1, -0.05) is 0 Å². The Balaban J connectivity index is 2.54. The highest BCUT2D eigenvalue weighted by molar-refractivity contribution is 5.92. The second kappa shape index (κ2) is 5.90. The van der Waals surface area contributed by atoms with Crippen LogP contribution in [0, 0.1) is 0 Å². The molecule has 1 aliphatic heterocycles. The first-order valence-electron chi connectivity index (χ1n) is 6.36. The first-order chi connectivity index (χ1) is 10.0. The highest BCUT2D eigenvalue weighted by atomic mass is 16.5. The summed E-state index contributed by atoms with van der Waals surface area (Å²) in [7, 11) is 4.22. The average Bonchev–Trinajstić information content (AvgIpc) is 2.51. The van der Waals surface area contributed by atoms with Gasteiger partial charge in [0, 0.05) is 17.7 Å². The summed E-state index contributed by atoms with van der Waals surface area (Å²) in [4.78, 5) is 24.5. The summed E-state index contributed by atoms with van der Waals surface area (Å²) in [6.45, 7) is 0.726. The molecule has 1 heterocycles. The van der Waals surface area contributed by atoms with Gasteiger partial charge in [0.1, 0.15) is 17.1 Å². The van der Waals surface area contributed by atoms with Gasteiger partial charge in [0.15, 0.2) is 0 Å². The molecule has 7 nitrogen and oxygen atoms in total. The smallest absolute Gasteiger partial charge is 0.409 e. The summed E-state index contributed by atoms with van der Waals surface area (Å²) in [5, 5.41) is 9.28. The zero-order valence-corrected chi connectivity index (χ0v) is 12.1. The minimum atomic E-state index is -1.08. The maximum Gasteiger partial charge on any atom is 0.409 e. The number of benzene rings is 1. The zero-order chi connectivity index (χ0) is 15.6. The molecular weight excluding hydrogens is 278 g/mol. The Labute approximate surface area is 122 Å². The van der Waals surface area contributed by atoms with Gasteiger partial charge in [0.05, 0.1) is 27.9 Å². The first-order valence-corrected chi connectivity index (χ1v) is 6.36. The normalized spacial score (nSPS) is 13.4. The lowest BCUT2D eigenvalue weighted by Gasteiger charge is -2.30. The van der Waals surface area contributed by atoms with Crippen LogP contribution in [0.2, 0.25) is 0 Å². The van der Waals surface area contributed by atoms with E-state index in [1.807, 2.05) is 0 Å². The predicted octanol–water partition coefficient (Wildman–Crippen LogP) is 1.53. The second-order valence-corrected chi connectivity index (χ2v) is 4.56. The standard InChI is InChI=1S/C14H17NO6/c1-19-11-6-9(13(16)17)12(20-2)8-4-5-15(7-10(8)11)14(18)21-3/h6H,4-5,7H2,1-3H3,(H,16,17). The predicted molar refractivity (Wildman–Crippen MR) is 73.0 cm³/mol. The maximum atomic E-state index is 11.6. The summed E-state index contributed by atoms with van der Waals surface area (Å²) >= 11 is 0. The Bertz CT molecular complexity index is 583. The monoisotopic (exact) mass is 295 g/mol. The van der Waals surface area contributed by atoms with Crippen molar-refractivity contribution in [3.05, 3.63) is 22.8 Å². The number of rotatable bonds is 3. The number of nitrogens with zero attached hydrogens (tertiary/aromatic N) is 1. The lowest BCUT2D eigenvalue weighted by molar-refractivity contribution is 0.0691. The second-order valence-electron chi connectivity index (χ2n) is 4.56. The third kappa shape index (κ3) is 2.58. The average molecular weight is 295 g/mol. The van der Waals surface area contributed by atoms with Crippen LogP contribution in [-0.2, 0) is 17.7 Å². The fraction of sp³-hybridized carbons (Fsp3) is 0.429. The number of carbonyl (C=O) groups excluding carboxylic acids is 1. The van der Waals surface area contributed by atoms with E-state index in [4.69, 9.17) is 14.2 Å². The van der Waals surface area contributed by atoms with Crippen LogP contribution < -0.4 is 9.47 Å². The van der Waals surface area contributed by atoms with E-state index in [-0.39, 0.29) is 5.56 Å². The molecule has 0 aliphatic carbocycles. The van der Waals surface area contributed by atoms with Crippen molar-refractivity contribution in [2.24, 2.45) is 0 Å². The van der Waals surface area contributed by atoms with Crippen LogP contribution in [0.4, 0.5) is 4.79 Å². The van der Waals surface area contributed by atoms with Gasteiger partial charge in [0.2, 0.25) is 0 Å². The van der Waals surface area contributed by atoms with Crippen LogP contribution in [-0.4, -0.2) is 49.9 Å². The number of methoxy groups -OCH3 is 3. The van der Waals surface area contributed by atoms with Crippen molar-refractivity contribution in [1.82, 2.24) is 4.90 Å². The number of carboxylic acid groups (broad SMARTS) is 1. The molecule has 1 aromatic rings. The van der Waals surface area contributed by atoms with Crippen molar-refractivity contribution in [1.29, 1.82) is 0 Å². The topological polar surface area (TPSA) is 85.3 Å². The minimum Gasteiger partial charge on any atom is -0.496 e. The molecule has 0 aromatic heterocycles.